The minimum absolute atomic E-state index is 0.0249. The van der Waals surface area contributed by atoms with Crippen LogP contribution in [0.15, 0.2) is 23.6 Å². The summed E-state index contributed by atoms with van der Waals surface area (Å²) in [7, 11) is 0. The summed E-state index contributed by atoms with van der Waals surface area (Å²) in [6.45, 7) is 2.83. The fourth-order valence-electron chi connectivity index (χ4n) is 2.94. The third-order valence-electron chi connectivity index (χ3n) is 4.27. The first-order valence-electron chi connectivity index (χ1n) is 8.17. The van der Waals surface area contributed by atoms with Crippen LogP contribution in [0, 0.1) is 0 Å². The molecule has 0 saturated carbocycles. The van der Waals surface area contributed by atoms with E-state index in [1.54, 1.807) is 4.90 Å². The van der Waals surface area contributed by atoms with Gasteiger partial charge < -0.3 is 20.3 Å². The Labute approximate surface area is 149 Å². The van der Waals surface area contributed by atoms with Crippen molar-refractivity contribution in [2.24, 2.45) is 0 Å². The quantitative estimate of drug-likeness (QED) is 0.877. The molecule has 7 nitrogen and oxygen atoms in total. The van der Waals surface area contributed by atoms with Crippen molar-refractivity contribution in [1.82, 2.24) is 15.2 Å². The lowest BCUT2D eigenvalue weighted by Crippen LogP contribution is -2.45. The highest BCUT2D eigenvalue weighted by atomic mass is 32.1. The number of nitrogens with zero attached hydrogens (tertiary/aromatic N) is 2. The van der Waals surface area contributed by atoms with E-state index in [4.69, 9.17) is 4.74 Å². The number of thiazole rings is 1. The van der Waals surface area contributed by atoms with Crippen molar-refractivity contribution in [1.29, 1.82) is 0 Å². The van der Waals surface area contributed by atoms with Gasteiger partial charge in [0.25, 0.3) is 0 Å². The van der Waals surface area contributed by atoms with Crippen LogP contribution in [-0.4, -0.2) is 48.1 Å². The normalized spacial score (nSPS) is 16.5. The van der Waals surface area contributed by atoms with Gasteiger partial charge in [0.1, 0.15) is 5.01 Å². The Kier molecular flexibility index (Phi) is 4.37. The van der Waals surface area contributed by atoms with Crippen LogP contribution >= 0.6 is 11.3 Å². The monoisotopic (exact) mass is 358 g/mol. The lowest BCUT2D eigenvalue weighted by molar-refractivity contribution is -0.115. The van der Waals surface area contributed by atoms with Crippen molar-refractivity contribution < 1.29 is 14.3 Å². The molecule has 3 amide bonds. The second kappa shape index (κ2) is 6.81. The van der Waals surface area contributed by atoms with Gasteiger partial charge in [0.2, 0.25) is 5.91 Å². The second-order valence-electron chi connectivity index (χ2n) is 5.98. The number of ether oxygens (including phenoxy) is 1. The fourth-order valence-corrected chi connectivity index (χ4v) is 3.69. The summed E-state index contributed by atoms with van der Waals surface area (Å²) >= 11 is 1.52. The van der Waals surface area contributed by atoms with Crippen LogP contribution in [0.1, 0.15) is 10.6 Å². The van der Waals surface area contributed by atoms with Crippen molar-refractivity contribution in [3.05, 3.63) is 34.2 Å². The Bertz CT molecular complexity index is 814. The van der Waals surface area contributed by atoms with E-state index in [0.717, 1.165) is 27.5 Å². The summed E-state index contributed by atoms with van der Waals surface area (Å²) in [5.74, 6) is 0.0249. The van der Waals surface area contributed by atoms with Gasteiger partial charge in [-0.2, -0.15) is 0 Å². The smallest absolute Gasteiger partial charge is 0.317 e. The number of morpholine rings is 1. The molecule has 2 N–H and O–H groups in total. The van der Waals surface area contributed by atoms with Gasteiger partial charge >= 0.3 is 6.03 Å². The van der Waals surface area contributed by atoms with Gasteiger partial charge in [0.15, 0.2) is 0 Å². The highest BCUT2D eigenvalue weighted by Gasteiger charge is 2.19. The molecule has 0 radical (unpaired) electrons. The van der Waals surface area contributed by atoms with E-state index >= 15 is 0 Å². The van der Waals surface area contributed by atoms with Gasteiger partial charge in [0, 0.05) is 29.7 Å². The van der Waals surface area contributed by atoms with Crippen LogP contribution in [0.4, 0.5) is 10.5 Å². The lowest BCUT2D eigenvalue weighted by Gasteiger charge is -2.26. The van der Waals surface area contributed by atoms with Crippen LogP contribution in [0.25, 0.3) is 11.3 Å². The number of benzene rings is 1. The molecule has 1 saturated heterocycles. The molecular formula is C17H18N4O3S. The predicted octanol–water partition coefficient (Wildman–Crippen LogP) is 1.85. The SMILES string of the molecule is O=C1Cc2cc(-c3csc(CNC(=O)N4CCOCC4)n3)ccc2N1. The molecule has 1 fully saturated rings. The van der Waals surface area contributed by atoms with E-state index in [1.807, 2.05) is 23.6 Å². The Hall–Kier alpha value is -2.45. The van der Waals surface area contributed by atoms with Crippen LogP contribution in [0.5, 0.6) is 0 Å². The number of urea groups is 1. The fraction of sp³-hybridized carbons (Fsp3) is 0.353. The van der Waals surface area contributed by atoms with Crippen LogP contribution in [0.3, 0.4) is 0 Å². The number of nitrogens with one attached hydrogen (secondary N) is 2. The molecule has 25 heavy (non-hydrogen) atoms. The summed E-state index contributed by atoms with van der Waals surface area (Å²) < 4.78 is 5.25. The maximum Gasteiger partial charge on any atom is 0.317 e. The van der Waals surface area contributed by atoms with Crippen molar-refractivity contribution in [3.8, 4) is 11.3 Å². The molecule has 3 heterocycles. The number of fused-ring (bicyclic) bond motifs is 1. The average molecular weight is 358 g/mol. The van der Waals surface area contributed by atoms with Crippen LogP contribution < -0.4 is 10.6 Å². The van der Waals surface area contributed by atoms with Gasteiger partial charge in [-0.15, -0.1) is 11.3 Å². The van der Waals surface area contributed by atoms with Crippen molar-refractivity contribution in [2.75, 3.05) is 31.6 Å². The Balaban J connectivity index is 1.40. The zero-order valence-corrected chi connectivity index (χ0v) is 14.4. The second-order valence-corrected chi connectivity index (χ2v) is 6.92. The van der Waals surface area contributed by atoms with Gasteiger partial charge in [-0.05, 0) is 17.7 Å². The number of anilines is 1. The van der Waals surface area contributed by atoms with Crippen LogP contribution in [0.2, 0.25) is 0 Å². The molecule has 130 valence electrons. The van der Waals surface area contributed by atoms with E-state index in [0.29, 0.717) is 39.3 Å². The predicted molar refractivity (Wildman–Crippen MR) is 94.5 cm³/mol. The molecule has 2 aliphatic rings. The molecule has 0 unspecified atom stereocenters. The summed E-state index contributed by atoms with van der Waals surface area (Å²) in [6, 6.07) is 5.78. The topological polar surface area (TPSA) is 83.6 Å². The van der Waals surface area contributed by atoms with E-state index < -0.39 is 0 Å². The van der Waals surface area contributed by atoms with E-state index in [2.05, 4.69) is 15.6 Å². The van der Waals surface area contributed by atoms with E-state index in [9.17, 15) is 9.59 Å². The van der Waals surface area contributed by atoms with Gasteiger partial charge in [0.05, 0.1) is 31.9 Å². The number of carbonyl (C=O) groups excluding carboxylic acids is 2. The first-order valence-corrected chi connectivity index (χ1v) is 9.05. The minimum atomic E-state index is -0.0813. The zero-order valence-electron chi connectivity index (χ0n) is 13.6. The summed E-state index contributed by atoms with van der Waals surface area (Å²) in [5, 5.41) is 8.56. The molecule has 0 aliphatic carbocycles. The summed E-state index contributed by atoms with van der Waals surface area (Å²) in [6.07, 6.45) is 0.412. The summed E-state index contributed by atoms with van der Waals surface area (Å²) in [4.78, 5) is 29.9. The van der Waals surface area contributed by atoms with Crippen molar-refractivity contribution in [2.45, 2.75) is 13.0 Å². The number of carbonyl (C=O) groups is 2. The third-order valence-corrected chi connectivity index (χ3v) is 5.12. The Morgan fingerprint density at radius 3 is 3.04 bits per heavy atom. The number of aromatic nitrogens is 1. The first kappa shape index (κ1) is 16.0. The molecular weight excluding hydrogens is 340 g/mol. The van der Waals surface area contributed by atoms with E-state index in [-0.39, 0.29) is 11.9 Å². The highest BCUT2D eigenvalue weighted by Crippen LogP contribution is 2.29. The molecule has 1 aromatic heterocycles. The molecule has 0 spiro atoms. The van der Waals surface area contributed by atoms with Crippen LogP contribution in [-0.2, 0) is 22.5 Å². The first-order chi connectivity index (χ1) is 12.2. The van der Waals surface area contributed by atoms with Gasteiger partial charge in [-0.3, -0.25) is 4.79 Å². The van der Waals surface area contributed by atoms with Gasteiger partial charge in [-0.25, -0.2) is 9.78 Å². The van der Waals surface area contributed by atoms with Crippen molar-refractivity contribution in [3.63, 3.8) is 0 Å². The maximum absolute atomic E-state index is 12.1. The molecule has 4 rings (SSSR count). The lowest BCUT2D eigenvalue weighted by atomic mass is 10.1. The standard InChI is InChI=1S/C17H18N4O3S/c22-15-8-12-7-11(1-2-13(12)19-15)14-10-25-16(20-14)9-18-17(23)21-3-5-24-6-4-21/h1-2,7,10H,3-6,8-9H2,(H,18,23)(H,19,22). The number of hydrogen-bond donors (Lipinski definition) is 2. The molecule has 2 aliphatic heterocycles. The Morgan fingerprint density at radius 1 is 1.36 bits per heavy atom. The maximum atomic E-state index is 12.1. The largest absolute Gasteiger partial charge is 0.378 e. The molecule has 0 atom stereocenters. The van der Waals surface area contributed by atoms with Crippen molar-refractivity contribution >= 4 is 29.0 Å². The summed E-state index contributed by atoms with van der Waals surface area (Å²) in [5.41, 5.74) is 3.72. The van der Waals surface area contributed by atoms with E-state index in [1.165, 1.54) is 11.3 Å². The molecule has 8 heteroatoms. The molecule has 1 aromatic carbocycles. The number of rotatable bonds is 3. The minimum Gasteiger partial charge on any atom is -0.378 e. The molecule has 0 bridgehead atoms. The number of hydrogen-bond acceptors (Lipinski definition) is 5. The molecule has 2 aromatic rings. The third kappa shape index (κ3) is 3.49. The average Bonchev–Trinajstić information content (AvgIpc) is 3.25. The zero-order chi connectivity index (χ0) is 17.2. The number of amides is 3. The highest BCUT2D eigenvalue weighted by molar-refractivity contribution is 7.09. The van der Waals surface area contributed by atoms with Gasteiger partial charge in [-0.1, -0.05) is 6.07 Å². The Morgan fingerprint density at radius 2 is 2.20 bits per heavy atom.